The maximum absolute atomic E-state index is 4.64. The molecule has 0 bridgehead atoms. The van der Waals surface area contributed by atoms with E-state index < -0.39 is 0 Å². The van der Waals surface area contributed by atoms with Crippen molar-refractivity contribution >= 4 is 11.8 Å². The van der Waals surface area contributed by atoms with Crippen molar-refractivity contribution in [3.63, 3.8) is 0 Å². The zero-order chi connectivity index (χ0) is 13.0. The molecule has 1 aromatic rings. The van der Waals surface area contributed by atoms with Gasteiger partial charge in [0.05, 0.1) is 5.03 Å². The molecule has 1 N–H and O–H groups in total. The van der Waals surface area contributed by atoms with E-state index in [0.717, 1.165) is 17.7 Å². The molecule has 3 heteroatoms. The first-order chi connectivity index (χ1) is 8.69. The summed E-state index contributed by atoms with van der Waals surface area (Å²) in [5, 5.41) is 5.17. The van der Waals surface area contributed by atoms with Gasteiger partial charge in [-0.1, -0.05) is 25.8 Å². The van der Waals surface area contributed by atoms with Crippen molar-refractivity contribution in [3.8, 4) is 0 Å². The standard InChI is InChI=1S/C15H24N2S/c1-11-5-4-6-14(7-11)18-15-12(2)8-13(9-16-3)10-17-15/h8,10-11,14,16H,4-7,9H2,1-3H3. The molecule has 1 aliphatic rings. The summed E-state index contributed by atoms with van der Waals surface area (Å²) >= 11 is 1.99. The fourth-order valence-electron chi connectivity index (χ4n) is 2.69. The van der Waals surface area contributed by atoms with Gasteiger partial charge in [-0.3, -0.25) is 0 Å². The lowest BCUT2D eigenvalue weighted by Gasteiger charge is -2.26. The fraction of sp³-hybridized carbons (Fsp3) is 0.667. The van der Waals surface area contributed by atoms with Crippen LogP contribution in [0.1, 0.15) is 43.7 Å². The third kappa shape index (κ3) is 3.72. The molecule has 0 spiro atoms. The van der Waals surface area contributed by atoms with Crippen LogP contribution in [0.15, 0.2) is 17.3 Å². The number of rotatable bonds is 4. The highest BCUT2D eigenvalue weighted by molar-refractivity contribution is 7.99. The summed E-state index contributed by atoms with van der Waals surface area (Å²) in [6.45, 7) is 5.46. The van der Waals surface area contributed by atoms with Crippen molar-refractivity contribution in [1.29, 1.82) is 0 Å². The Labute approximate surface area is 115 Å². The minimum absolute atomic E-state index is 0.773. The molecule has 0 aromatic carbocycles. The van der Waals surface area contributed by atoms with Crippen molar-refractivity contribution in [1.82, 2.24) is 10.3 Å². The van der Waals surface area contributed by atoms with E-state index in [4.69, 9.17) is 0 Å². The quantitative estimate of drug-likeness (QED) is 0.896. The predicted octanol–water partition coefficient (Wildman–Crippen LogP) is 3.78. The second-order valence-corrected chi connectivity index (χ2v) is 6.80. The fourth-order valence-corrected chi connectivity index (χ4v) is 4.07. The van der Waals surface area contributed by atoms with E-state index in [1.54, 1.807) is 0 Å². The molecule has 18 heavy (non-hydrogen) atoms. The van der Waals surface area contributed by atoms with Gasteiger partial charge >= 0.3 is 0 Å². The largest absolute Gasteiger partial charge is 0.316 e. The molecule has 0 amide bonds. The van der Waals surface area contributed by atoms with Crippen LogP contribution >= 0.6 is 11.8 Å². The molecule has 2 atom stereocenters. The first-order valence-electron chi connectivity index (χ1n) is 6.96. The van der Waals surface area contributed by atoms with Crippen LogP contribution in [0.4, 0.5) is 0 Å². The summed E-state index contributed by atoms with van der Waals surface area (Å²) in [6, 6.07) is 2.26. The zero-order valence-electron chi connectivity index (χ0n) is 11.7. The first kappa shape index (κ1) is 13.9. The van der Waals surface area contributed by atoms with E-state index in [0.29, 0.717) is 0 Å². The molecule has 2 nitrogen and oxygen atoms in total. The summed E-state index contributed by atoms with van der Waals surface area (Å²) in [7, 11) is 1.97. The highest BCUT2D eigenvalue weighted by Gasteiger charge is 2.20. The van der Waals surface area contributed by atoms with Gasteiger partial charge in [0, 0.05) is 18.0 Å². The molecular formula is C15H24N2S. The summed E-state index contributed by atoms with van der Waals surface area (Å²) in [5.74, 6) is 0.889. The molecule has 1 saturated carbocycles. The number of hydrogen-bond acceptors (Lipinski definition) is 3. The van der Waals surface area contributed by atoms with Gasteiger partial charge in [0.25, 0.3) is 0 Å². The number of aromatic nitrogens is 1. The molecule has 1 aliphatic carbocycles. The number of aryl methyl sites for hydroxylation is 1. The third-order valence-electron chi connectivity index (χ3n) is 3.63. The summed E-state index contributed by atoms with van der Waals surface area (Å²) < 4.78 is 0. The third-order valence-corrected chi connectivity index (χ3v) is 5.05. The highest BCUT2D eigenvalue weighted by Crippen LogP contribution is 2.36. The predicted molar refractivity (Wildman–Crippen MR) is 79.0 cm³/mol. The van der Waals surface area contributed by atoms with Gasteiger partial charge in [0.2, 0.25) is 0 Å². The average Bonchev–Trinajstić information content (AvgIpc) is 2.33. The first-order valence-corrected chi connectivity index (χ1v) is 7.83. The monoisotopic (exact) mass is 264 g/mol. The topological polar surface area (TPSA) is 24.9 Å². The Bertz CT molecular complexity index is 392. The van der Waals surface area contributed by atoms with E-state index in [1.165, 1.54) is 41.8 Å². The van der Waals surface area contributed by atoms with Crippen LogP contribution in [0.5, 0.6) is 0 Å². The van der Waals surface area contributed by atoms with Crippen LogP contribution in [0.25, 0.3) is 0 Å². The maximum atomic E-state index is 4.64. The normalized spacial score (nSPS) is 24.2. The molecule has 0 aliphatic heterocycles. The van der Waals surface area contributed by atoms with Crippen molar-refractivity contribution in [2.24, 2.45) is 5.92 Å². The number of nitrogens with zero attached hydrogens (tertiary/aromatic N) is 1. The van der Waals surface area contributed by atoms with Crippen LogP contribution in [0.2, 0.25) is 0 Å². The molecule has 2 rings (SSSR count). The number of pyridine rings is 1. The van der Waals surface area contributed by atoms with Crippen LogP contribution < -0.4 is 5.32 Å². The van der Waals surface area contributed by atoms with Crippen molar-refractivity contribution in [2.45, 2.75) is 56.4 Å². The average molecular weight is 264 g/mol. The van der Waals surface area contributed by atoms with Gasteiger partial charge in [-0.2, -0.15) is 0 Å². The van der Waals surface area contributed by atoms with Crippen LogP contribution in [-0.4, -0.2) is 17.3 Å². The Kier molecular flexibility index (Phi) is 5.07. The van der Waals surface area contributed by atoms with Gasteiger partial charge in [-0.15, -0.1) is 11.8 Å². The summed E-state index contributed by atoms with van der Waals surface area (Å²) in [5.41, 5.74) is 2.60. The molecule has 1 heterocycles. The van der Waals surface area contributed by atoms with E-state index in [-0.39, 0.29) is 0 Å². The number of thioether (sulfide) groups is 1. The highest BCUT2D eigenvalue weighted by atomic mass is 32.2. The smallest absolute Gasteiger partial charge is 0.0991 e. The van der Waals surface area contributed by atoms with Gasteiger partial charge in [-0.05, 0) is 43.9 Å². The zero-order valence-corrected chi connectivity index (χ0v) is 12.5. The van der Waals surface area contributed by atoms with Crippen LogP contribution in [-0.2, 0) is 6.54 Å². The Morgan fingerprint density at radius 3 is 2.94 bits per heavy atom. The van der Waals surface area contributed by atoms with Crippen molar-refractivity contribution < 1.29 is 0 Å². The minimum atomic E-state index is 0.773. The van der Waals surface area contributed by atoms with Gasteiger partial charge < -0.3 is 5.32 Å². The van der Waals surface area contributed by atoms with Crippen molar-refractivity contribution in [3.05, 3.63) is 23.4 Å². The minimum Gasteiger partial charge on any atom is -0.316 e. The van der Waals surface area contributed by atoms with Gasteiger partial charge in [0.1, 0.15) is 0 Å². The van der Waals surface area contributed by atoms with E-state index >= 15 is 0 Å². The lowest BCUT2D eigenvalue weighted by atomic mass is 9.91. The van der Waals surface area contributed by atoms with E-state index in [2.05, 4.69) is 30.2 Å². The number of hydrogen-bond donors (Lipinski definition) is 1. The van der Waals surface area contributed by atoms with E-state index in [1.807, 2.05) is 25.0 Å². The molecule has 1 aromatic heterocycles. The van der Waals surface area contributed by atoms with Gasteiger partial charge in [-0.25, -0.2) is 4.98 Å². The van der Waals surface area contributed by atoms with Gasteiger partial charge in [0.15, 0.2) is 0 Å². The Morgan fingerprint density at radius 1 is 1.44 bits per heavy atom. The maximum Gasteiger partial charge on any atom is 0.0991 e. The molecular weight excluding hydrogens is 240 g/mol. The van der Waals surface area contributed by atoms with Crippen LogP contribution in [0.3, 0.4) is 0 Å². The molecule has 0 saturated heterocycles. The summed E-state index contributed by atoms with van der Waals surface area (Å²) in [4.78, 5) is 4.64. The molecule has 2 unspecified atom stereocenters. The lowest BCUT2D eigenvalue weighted by Crippen LogP contribution is -2.15. The van der Waals surface area contributed by atoms with Crippen LogP contribution in [0, 0.1) is 12.8 Å². The Hall–Kier alpha value is -0.540. The number of nitrogens with one attached hydrogen (secondary N) is 1. The lowest BCUT2D eigenvalue weighted by molar-refractivity contribution is 0.394. The second kappa shape index (κ2) is 6.58. The second-order valence-electron chi connectivity index (χ2n) is 5.51. The van der Waals surface area contributed by atoms with E-state index in [9.17, 15) is 0 Å². The van der Waals surface area contributed by atoms with Crippen molar-refractivity contribution in [2.75, 3.05) is 7.05 Å². The SMILES string of the molecule is CNCc1cnc(SC2CCCC(C)C2)c(C)c1. The Balaban J connectivity index is 2.00. The molecule has 100 valence electrons. The Morgan fingerprint density at radius 2 is 2.28 bits per heavy atom. The summed E-state index contributed by atoms with van der Waals surface area (Å²) in [6.07, 6.45) is 7.51. The molecule has 1 fully saturated rings. The molecule has 0 radical (unpaired) electrons.